The van der Waals surface area contributed by atoms with Gasteiger partial charge in [-0.3, -0.25) is 4.79 Å². The molecule has 1 saturated heterocycles. The topological polar surface area (TPSA) is 55.8 Å². The van der Waals surface area contributed by atoms with E-state index in [2.05, 4.69) is 0 Å². The van der Waals surface area contributed by atoms with E-state index < -0.39 is 19.0 Å². The van der Waals surface area contributed by atoms with E-state index in [4.69, 9.17) is 14.4 Å². The molecule has 0 bridgehead atoms. The number of carbonyl (C=O) groups is 1. The first-order valence-corrected chi connectivity index (χ1v) is 7.24. The zero-order chi connectivity index (χ0) is 16.0. The summed E-state index contributed by atoms with van der Waals surface area (Å²) in [6.45, 7) is 11.7. The highest BCUT2D eigenvalue weighted by Crippen LogP contribution is 2.36. The second-order valence-corrected chi connectivity index (χ2v) is 6.76. The molecule has 114 valence electrons. The molecule has 0 spiro atoms. The lowest BCUT2D eigenvalue weighted by atomic mass is 9.75. The summed E-state index contributed by atoms with van der Waals surface area (Å²) in [7, 11) is -0.413. The lowest BCUT2D eigenvalue weighted by Gasteiger charge is -2.32. The van der Waals surface area contributed by atoms with Gasteiger partial charge in [0, 0.05) is 0 Å². The van der Waals surface area contributed by atoms with Gasteiger partial charge in [-0.05, 0) is 52.6 Å². The first kappa shape index (κ1) is 16.1. The van der Waals surface area contributed by atoms with Gasteiger partial charge in [-0.15, -0.1) is 0 Å². The van der Waals surface area contributed by atoms with Crippen LogP contribution < -0.4 is 5.46 Å². The molecule has 0 aliphatic carbocycles. The summed E-state index contributed by atoms with van der Waals surface area (Å²) in [5.41, 5.74) is 1.98. The van der Waals surface area contributed by atoms with E-state index in [9.17, 15) is 4.79 Å². The van der Waals surface area contributed by atoms with Gasteiger partial charge in [0.05, 0.1) is 17.1 Å². The average Bonchev–Trinajstić information content (AvgIpc) is 2.56. The van der Waals surface area contributed by atoms with E-state index in [0.29, 0.717) is 0 Å². The average molecular weight is 290 g/mol. The zero-order valence-electron chi connectivity index (χ0n) is 13.6. The molecule has 0 amide bonds. The first-order chi connectivity index (χ1) is 9.55. The Hall–Kier alpha value is -1.33. The van der Waals surface area contributed by atoms with Crippen LogP contribution in [0.15, 0.2) is 18.2 Å². The summed E-state index contributed by atoms with van der Waals surface area (Å²) in [6, 6.07) is 5.65. The van der Waals surface area contributed by atoms with Gasteiger partial charge >= 0.3 is 13.1 Å². The monoisotopic (exact) mass is 290 g/mol. The van der Waals surface area contributed by atoms with Crippen LogP contribution in [-0.4, -0.2) is 29.4 Å². The molecule has 1 aromatic carbocycles. The molecule has 2 rings (SSSR count). The van der Waals surface area contributed by atoms with Crippen LogP contribution in [0.5, 0.6) is 0 Å². The molecule has 1 N–H and O–H groups in total. The van der Waals surface area contributed by atoms with Gasteiger partial charge in [0.25, 0.3) is 0 Å². The van der Waals surface area contributed by atoms with E-state index >= 15 is 0 Å². The molecule has 1 fully saturated rings. The van der Waals surface area contributed by atoms with Gasteiger partial charge < -0.3 is 14.4 Å². The third-order valence-electron chi connectivity index (χ3n) is 4.67. The van der Waals surface area contributed by atoms with Crippen LogP contribution in [0.2, 0.25) is 0 Å². The summed E-state index contributed by atoms with van der Waals surface area (Å²) in [5, 5.41) is 9.10. The Morgan fingerprint density at radius 1 is 1.19 bits per heavy atom. The smallest absolute Gasteiger partial charge is 0.481 e. The highest BCUT2D eigenvalue weighted by Gasteiger charge is 2.52. The Morgan fingerprint density at radius 3 is 2.14 bits per heavy atom. The maximum absolute atomic E-state index is 11.1. The highest BCUT2D eigenvalue weighted by atomic mass is 16.7. The molecule has 1 aliphatic heterocycles. The van der Waals surface area contributed by atoms with Crippen molar-refractivity contribution in [1.29, 1.82) is 0 Å². The maximum atomic E-state index is 11.1. The molecule has 4 nitrogen and oxygen atoms in total. The van der Waals surface area contributed by atoms with E-state index in [1.807, 2.05) is 52.8 Å². The van der Waals surface area contributed by atoms with Crippen molar-refractivity contribution in [3.63, 3.8) is 0 Å². The molecular formula is C16H23BO4. The van der Waals surface area contributed by atoms with Crippen LogP contribution in [0.3, 0.4) is 0 Å². The second-order valence-electron chi connectivity index (χ2n) is 6.76. The largest absolute Gasteiger partial charge is 0.495 e. The summed E-state index contributed by atoms with van der Waals surface area (Å²) in [4.78, 5) is 11.1. The van der Waals surface area contributed by atoms with Gasteiger partial charge in [0.2, 0.25) is 0 Å². The molecule has 1 heterocycles. The minimum absolute atomic E-state index is 0.378. The molecule has 1 unspecified atom stereocenters. The van der Waals surface area contributed by atoms with Gasteiger partial charge in [-0.25, -0.2) is 0 Å². The van der Waals surface area contributed by atoms with Crippen LogP contribution in [0.25, 0.3) is 0 Å². The SMILES string of the molecule is Cc1cc(C(C)C(=O)O)ccc1B1OC(C)(C)C(C)(C)O1. The van der Waals surface area contributed by atoms with E-state index in [0.717, 1.165) is 16.6 Å². The van der Waals surface area contributed by atoms with Crippen LogP contribution in [0.4, 0.5) is 0 Å². The summed E-state index contributed by atoms with van der Waals surface area (Å²) in [6.07, 6.45) is 0. The Balaban J connectivity index is 2.29. The molecular weight excluding hydrogens is 267 g/mol. The molecule has 5 heteroatoms. The van der Waals surface area contributed by atoms with Crippen LogP contribution in [-0.2, 0) is 14.1 Å². The predicted molar refractivity (Wildman–Crippen MR) is 82.9 cm³/mol. The van der Waals surface area contributed by atoms with E-state index in [1.54, 1.807) is 6.92 Å². The summed E-state index contributed by atoms with van der Waals surface area (Å²) < 4.78 is 12.1. The Morgan fingerprint density at radius 2 is 1.71 bits per heavy atom. The molecule has 0 radical (unpaired) electrons. The Bertz CT molecular complexity index is 549. The van der Waals surface area contributed by atoms with Crippen molar-refractivity contribution in [3.05, 3.63) is 29.3 Å². The fourth-order valence-electron chi connectivity index (χ4n) is 2.35. The maximum Gasteiger partial charge on any atom is 0.495 e. The number of carboxylic acids is 1. The second kappa shape index (κ2) is 5.14. The van der Waals surface area contributed by atoms with Crippen molar-refractivity contribution in [1.82, 2.24) is 0 Å². The third kappa shape index (κ3) is 2.85. The lowest BCUT2D eigenvalue weighted by molar-refractivity contribution is -0.138. The standard InChI is InChI=1S/C16H23BO4/c1-10-9-12(11(2)14(18)19)7-8-13(10)17-20-15(3,4)16(5,6)21-17/h7-9,11H,1-6H3,(H,18,19). The van der Waals surface area contributed by atoms with Crippen molar-refractivity contribution in [3.8, 4) is 0 Å². The minimum Gasteiger partial charge on any atom is -0.481 e. The van der Waals surface area contributed by atoms with Crippen molar-refractivity contribution in [2.24, 2.45) is 0 Å². The number of hydrogen-bond donors (Lipinski definition) is 1. The summed E-state index contributed by atoms with van der Waals surface area (Å²) in [5.74, 6) is -1.34. The molecule has 0 aromatic heterocycles. The fraction of sp³-hybridized carbons (Fsp3) is 0.562. The normalized spacial score (nSPS) is 21.3. The number of hydrogen-bond acceptors (Lipinski definition) is 3. The van der Waals surface area contributed by atoms with Gasteiger partial charge in [-0.1, -0.05) is 23.8 Å². The van der Waals surface area contributed by atoms with Gasteiger partial charge in [0.1, 0.15) is 0 Å². The number of benzene rings is 1. The van der Waals surface area contributed by atoms with Crippen molar-refractivity contribution >= 4 is 18.6 Å². The quantitative estimate of drug-likeness (QED) is 0.869. The van der Waals surface area contributed by atoms with Crippen molar-refractivity contribution in [2.45, 2.75) is 58.7 Å². The minimum atomic E-state index is -0.821. The van der Waals surface area contributed by atoms with Crippen LogP contribution >= 0.6 is 0 Å². The van der Waals surface area contributed by atoms with E-state index in [1.165, 1.54) is 0 Å². The Kier molecular flexibility index (Phi) is 3.93. The Labute approximate surface area is 126 Å². The zero-order valence-corrected chi connectivity index (χ0v) is 13.6. The number of carboxylic acid groups (broad SMARTS) is 1. The lowest BCUT2D eigenvalue weighted by Crippen LogP contribution is -2.41. The third-order valence-corrected chi connectivity index (χ3v) is 4.67. The van der Waals surface area contributed by atoms with Gasteiger partial charge in [-0.2, -0.15) is 0 Å². The first-order valence-electron chi connectivity index (χ1n) is 7.24. The molecule has 1 aromatic rings. The van der Waals surface area contributed by atoms with Gasteiger partial charge in [0.15, 0.2) is 0 Å². The molecule has 0 saturated carbocycles. The highest BCUT2D eigenvalue weighted by molar-refractivity contribution is 6.62. The van der Waals surface area contributed by atoms with Crippen LogP contribution in [0, 0.1) is 6.92 Å². The van der Waals surface area contributed by atoms with Crippen LogP contribution in [0.1, 0.15) is 51.7 Å². The number of aliphatic carboxylic acids is 1. The summed E-state index contributed by atoms with van der Waals surface area (Å²) >= 11 is 0. The number of aryl methyl sites for hydroxylation is 1. The molecule has 1 atom stereocenters. The van der Waals surface area contributed by atoms with E-state index in [-0.39, 0.29) is 11.2 Å². The fourth-order valence-corrected chi connectivity index (χ4v) is 2.35. The number of rotatable bonds is 3. The predicted octanol–water partition coefficient (Wildman–Crippen LogP) is 2.48. The molecule has 21 heavy (non-hydrogen) atoms. The van der Waals surface area contributed by atoms with Crippen molar-refractivity contribution in [2.75, 3.05) is 0 Å². The molecule has 1 aliphatic rings. The van der Waals surface area contributed by atoms with Crippen molar-refractivity contribution < 1.29 is 19.2 Å².